The van der Waals surface area contributed by atoms with Crippen LogP contribution in [-0.4, -0.2) is 119 Å². The summed E-state index contributed by atoms with van der Waals surface area (Å²) < 4.78 is 8.17. The quantitative estimate of drug-likeness (QED) is 0.201. The maximum Gasteiger partial charge on any atom is 0.262 e. The van der Waals surface area contributed by atoms with E-state index in [4.69, 9.17) is 15.6 Å². The molecule has 10 rings (SSSR count). The van der Waals surface area contributed by atoms with Crippen LogP contribution in [-0.2, 0) is 9.59 Å². The Labute approximate surface area is 335 Å². The molecule has 4 saturated heterocycles. The minimum Gasteiger partial charge on any atom is -0.457 e. The molecule has 298 valence electrons. The zero-order chi connectivity index (χ0) is 39.5. The fourth-order valence-corrected chi connectivity index (χ4v) is 9.47. The van der Waals surface area contributed by atoms with Crippen LogP contribution in [0.15, 0.2) is 77.8 Å². The number of ether oxygens (including phenoxy) is 1. The average Bonchev–Trinajstić information content (AvgIpc) is 3.71. The number of benzene rings is 3. The molecule has 1 atom stereocenters. The molecule has 1 unspecified atom stereocenters. The van der Waals surface area contributed by atoms with E-state index in [0.717, 1.165) is 110 Å². The van der Waals surface area contributed by atoms with Gasteiger partial charge in [-0.25, -0.2) is 9.67 Å². The third-order valence-corrected chi connectivity index (χ3v) is 12.5. The molecule has 4 fully saturated rings. The van der Waals surface area contributed by atoms with Gasteiger partial charge < -0.3 is 30.5 Å². The number of rotatable bonds is 10. The Morgan fingerprint density at radius 1 is 0.776 bits per heavy atom. The molecular formula is C43H46N10O5. The van der Waals surface area contributed by atoms with Crippen LogP contribution in [0.5, 0.6) is 11.5 Å². The summed E-state index contributed by atoms with van der Waals surface area (Å²) >= 11 is 0. The van der Waals surface area contributed by atoms with Crippen molar-refractivity contribution in [2.75, 3.05) is 69.2 Å². The highest BCUT2D eigenvalue weighted by Gasteiger charge is 2.45. The van der Waals surface area contributed by atoms with Gasteiger partial charge in [-0.2, -0.15) is 5.10 Å². The van der Waals surface area contributed by atoms with E-state index in [2.05, 4.69) is 35.0 Å². The van der Waals surface area contributed by atoms with Gasteiger partial charge in [0.2, 0.25) is 11.8 Å². The van der Waals surface area contributed by atoms with Crippen LogP contribution >= 0.6 is 0 Å². The molecule has 0 bridgehead atoms. The number of nitrogens with zero attached hydrogens (tertiary/aromatic N) is 7. The van der Waals surface area contributed by atoms with Crippen molar-refractivity contribution in [2.24, 2.45) is 22.6 Å². The largest absolute Gasteiger partial charge is 0.457 e. The van der Waals surface area contributed by atoms with Gasteiger partial charge in [-0.05, 0) is 79.8 Å². The molecule has 4 N–H and O–H groups in total. The van der Waals surface area contributed by atoms with E-state index in [1.54, 1.807) is 12.1 Å². The monoisotopic (exact) mass is 782 g/mol. The van der Waals surface area contributed by atoms with Crippen LogP contribution < -0.4 is 26.0 Å². The number of hydrogen-bond donors (Lipinski definition) is 3. The first kappa shape index (κ1) is 36.3. The van der Waals surface area contributed by atoms with Gasteiger partial charge in [-0.3, -0.25) is 29.4 Å². The molecule has 0 spiro atoms. The second-order valence-electron chi connectivity index (χ2n) is 16.4. The van der Waals surface area contributed by atoms with Crippen molar-refractivity contribution in [1.82, 2.24) is 29.8 Å². The maximum atomic E-state index is 13.3. The molecule has 0 radical (unpaired) electrons. The van der Waals surface area contributed by atoms with Crippen LogP contribution in [0.25, 0.3) is 11.3 Å². The number of aromatic nitrogens is 2. The molecule has 6 aliphatic rings. The van der Waals surface area contributed by atoms with E-state index >= 15 is 0 Å². The van der Waals surface area contributed by atoms with Crippen LogP contribution in [0.2, 0.25) is 0 Å². The molecule has 4 aromatic rings. The van der Waals surface area contributed by atoms with Gasteiger partial charge in [-0.1, -0.05) is 18.2 Å². The summed E-state index contributed by atoms with van der Waals surface area (Å²) in [6, 6.07) is 22.4. The fraction of sp³-hybridized carbons (Fsp3) is 0.395. The number of amidine groups is 1. The first-order chi connectivity index (χ1) is 28.3. The van der Waals surface area contributed by atoms with Gasteiger partial charge in [0, 0.05) is 75.9 Å². The minimum absolute atomic E-state index is 0.103. The Kier molecular flexibility index (Phi) is 9.20. The smallest absolute Gasteiger partial charge is 0.262 e. The van der Waals surface area contributed by atoms with Crippen LogP contribution in [0, 0.1) is 11.8 Å². The predicted octanol–water partition coefficient (Wildman–Crippen LogP) is 3.54. The van der Waals surface area contributed by atoms with Crippen molar-refractivity contribution in [1.29, 1.82) is 0 Å². The number of piperidine rings is 2. The topological polar surface area (TPSA) is 171 Å². The second-order valence-corrected chi connectivity index (χ2v) is 16.4. The van der Waals surface area contributed by atoms with Crippen molar-refractivity contribution in [3.05, 3.63) is 89.5 Å². The lowest BCUT2D eigenvalue weighted by atomic mass is 9.92. The summed E-state index contributed by atoms with van der Waals surface area (Å²) in [7, 11) is 0. The minimum atomic E-state index is -0.957. The molecule has 1 aromatic heterocycles. The van der Waals surface area contributed by atoms with Gasteiger partial charge in [0.1, 0.15) is 41.6 Å². The number of amides is 4. The zero-order valence-corrected chi connectivity index (χ0v) is 32.2. The highest BCUT2D eigenvalue weighted by Crippen LogP contribution is 2.38. The number of aliphatic imine (C=N–C) groups is 1. The van der Waals surface area contributed by atoms with Gasteiger partial charge in [0.25, 0.3) is 11.8 Å². The third-order valence-electron chi connectivity index (χ3n) is 12.5. The molecule has 15 heteroatoms. The number of carbonyl (C=O) groups excluding carboxylic acids is 4. The van der Waals surface area contributed by atoms with Crippen molar-refractivity contribution >= 4 is 41.0 Å². The first-order valence-corrected chi connectivity index (χ1v) is 20.3. The van der Waals surface area contributed by atoms with E-state index < -0.39 is 23.8 Å². The Bertz CT molecular complexity index is 2310. The van der Waals surface area contributed by atoms with E-state index in [1.807, 2.05) is 60.7 Å². The van der Waals surface area contributed by atoms with Crippen LogP contribution in [0.4, 0.5) is 11.5 Å². The Balaban J connectivity index is 0.692. The Hall–Kier alpha value is -6.06. The molecule has 0 aliphatic carbocycles. The fourth-order valence-electron chi connectivity index (χ4n) is 9.47. The van der Waals surface area contributed by atoms with Crippen molar-refractivity contribution in [3.8, 4) is 22.8 Å². The number of fused-ring (bicyclic) bond motifs is 2. The second kappa shape index (κ2) is 14.7. The van der Waals surface area contributed by atoms with Crippen molar-refractivity contribution < 1.29 is 23.9 Å². The molecule has 15 nitrogen and oxygen atoms in total. The first-order valence-electron chi connectivity index (χ1n) is 20.3. The summed E-state index contributed by atoms with van der Waals surface area (Å²) in [5.41, 5.74) is 10.7. The number of carbonyl (C=O) groups is 4. The number of para-hydroxylation sites is 1. The Morgan fingerprint density at radius 3 is 2.24 bits per heavy atom. The lowest BCUT2D eigenvalue weighted by Gasteiger charge is -2.48. The summed E-state index contributed by atoms with van der Waals surface area (Å²) in [6.07, 6.45) is 2.28. The van der Waals surface area contributed by atoms with Crippen LogP contribution in [0.3, 0.4) is 0 Å². The van der Waals surface area contributed by atoms with E-state index in [9.17, 15) is 19.2 Å². The van der Waals surface area contributed by atoms with E-state index in [-0.39, 0.29) is 24.8 Å². The SMILES string of the molecule is NC1=NCNc2c1c(-c1ccc(Oc3ccccc3)cc1)nn2C1CCN(CC2CN(CC3CN(c4ccc5c(c4)C(=O)N(C4CCC(=O)NC4=O)C5=O)C3)C2)CC1. The number of hydrogen-bond acceptors (Lipinski definition) is 12. The number of nitrogens with two attached hydrogens (primary N) is 1. The standard InChI is InChI=1S/C43H46N10O5/c44-39-37-38(28-6-9-32(10-7-28)58-31-4-2-1-3-5-31)48-53(40(37)46-25-45-39)29-14-16-49(17-15-29)19-26-20-50(21-26)22-27-23-51(24-27)30-8-11-33-34(18-30)43(57)52(42(33)56)35-12-13-36(54)47-41(35)55/h1-11,18,26-27,29,35,46H,12-17,19-25H2,(H2,44,45)(H,47,54,55). The normalized spacial score (nSPS) is 21.9. The molecular weight excluding hydrogens is 737 g/mol. The molecule has 4 amide bonds. The van der Waals surface area contributed by atoms with E-state index in [1.165, 1.54) is 0 Å². The zero-order valence-electron chi connectivity index (χ0n) is 32.2. The van der Waals surface area contributed by atoms with Crippen LogP contribution in [0.1, 0.15) is 58.0 Å². The van der Waals surface area contributed by atoms with Gasteiger partial charge in [0.15, 0.2) is 0 Å². The summed E-state index contributed by atoms with van der Waals surface area (Å²) in [5.74, 6) is 2.29. The van der Waals surface area contributed by atoms with E-state index in [0.29, 0.717) is 35.5 Å². The molecule has 6 aliphatic heterocycles. The highest BCUT2D eigenvalue weighted by molar-refractivity contribution is 6.23. The van der Waals surface area contributed by atoms with Crippen molar-refractivity contribution in [3.63, 3.8) is 0 Å². The number of imide groups is 2. The molecule has 0 saturated carbocycles. The van der Waals surface area contributed by atoms with Crippen molar-refractivity contribution in [2.45, 2.75) is 37.8 Å². The molecule has 7 heterocycles. The molecule has 58 heavy (non-hydrogen) atoms. The Morgan fingerprint density at radius 2 is 1.48 bits per heavy atom. The van der Waals surface area contributed by atoms with Gasteiger partial charge >= 0.3 is 0 Å². The average molecular weight is 783 g/mol. The predicted molar refractivity (Wildman–Crippen MR) is 217 cm³/mol. The highest BCUT2D eigenvalue weighted by atomic mass is 16.5. The van der Waals surface area contributed by atoms with Gasteiger partial charge in [-0.15, -0.1) is 0 Å². The lowest BCUT2D eigenvalue weighted by molar-refractivity contribution is -0.136. The molecule has 3 aromatic carbocycles. The lowest BCUT2D eigenvalue weighted by Crippen LogP contribution is -2.58. The number of nitrogens with one attached hydrogen (secondary N) is 2. The van der Waals surface area contributed by atoms with Gasteiger partial charge in [0.05, 0.1) is 22.7 Å². The summed E-state index contributed by atoms with van der Waals surface area (Å²) in [5, 5.41) is 10.9. The number of likely N-dealkylation sites (tertiary alicyclic amines) is 2. The maximum absolute atomic E-state index is 13.3. The summed E-state index contributed by atoms with van der Waals surface area (Å²) in [6.45, 7) is 8.65. The number of anilines is 2. The third kappa shape index (κ3) is 6.67. The summed E-state index contributed by atoms with van der Waals surface area (Å²) in [4.78, 5) is 63.3.